The van der Waals surface area contributed by atoms with Crippen LogP contribution >= 0.6 is 0 Å². The molecule has 84 valence electrons. The molecule has 1 aromatic heterocycles. The quantitative estimate of drug-likeness (QED) is 0.833. The summed E-state index contributed by atoms with van der Waals surface area (Å²) in [6.07, 6.45) is 5.38. The summed E-state index contributed by atoms with van der Waals surface area (Å²) in [5.41, 5.74) is 0.453. The van der Waals surface area contributed by atoms with Gasteiger partial charge in [-0.1, -0.05) is 30.3 Å². The Morgan fingerprint density at radius 1 is 1.06 bits per heavy atom. The van der Waals surface area contributed by atoms with Gasteiger partial charge in [0.25, 0.3) is 0 Å². The van der Waals surface area contributed by atoms with E-state index in [2.05, 4.69) is 12.1 Å². The molecular formula is C14H17NO. The van der Waals surface area contributed by atoms with Crippen molar-refractivity contribution in [1.82, 2.24) is 4.57 Å². The number of benzene rings is 1. The van der Waals surface area contributed by atoms with E-state index < -0.39 is 5.72 Å². The molecule has 2 nitrogen and oxygen atoms in total. The van der Waals surface area contributed by atoms with Crippen molar-refractivity contribution >= 4 is 0 Å². The maximum atomic E-state index is 10.3. The van der Waals surface area contributed by atoms with Gasteiger partial charge in [0.15, 0.2) is 0 Å². The summed E-state index contributed by atoms with van der Waals surface area (Å²) in [4.78, 5) is 0. The van der Waals surface area contributed by atoms with E-state index in [1.54, 1.807) is 0 Å². The molecule has 0 saturated carbocycles. The third kappa shape index (κ3) is 2.52. The fraction of sp³-hybridized carbons (Fsp3) is 0.286. The number of rotatable bonds is 4. The van der Waals surface area contributed by atoms with Crippen LogP contribution in [0.2, 0.25) is 0 Å². The van der Waals surface area contributed by atoms with E-state index in [9.17, 15) is 5.11 Å². The van der Waals surface area contributed by atoms with Gasteiger partial charge in [-0.25, -0.2) is 0 Å². The van der Waals surface area contributed by atoms with Gasteiger partial charge in [0.05, 0.1) is 0 Å². The molecule has 1 aromatic carbocycles. The second-order valence-corrected chi connectivity index (χ2v) is 4.29. The van der Waals surface area contributed by atoms with Crippen LogP contribution in [0.15, 0.2) is 54.9 Å². The number of nitrogens with zero attached hydrogens (tertiary/aromatic N) is 1. The first kappa shape index (κ1) is 11.0. The molecule has 0 radical (unpaired) electrons. The lowest BCUT2D eigenvalue weighted by atomic mass is 10.0. The fourth-order valence-corrected chi connectivity index (χ4v) is 1.81. The lowest BCUT2D eigenvalue weighted by molar-refractivity contribution is -0.0260. The lowest BCUT2D eigenvalue weighted by Gasteiger charge is -2.25. The van der Waals surface area contributed by atoms with Gasteiger partial charge < -0.3 is 9.67 Å². The number of hydrogen-bond donors (Lipinski definition) is 1. The molecular weight excluding hydrogens is 198 g/mol. The number of hydrogen-bond acceptors (Lipinski definition) is 1. The molecule has 16 heavy (non-hydrogen) atoms. The molecule has 1 N–H and O–H groups in total. The Bertz CT molecular complexity index is 417. The molecule has 0 amide bonds. The van der Waals surface area contributed by atoms with Crippen LogP contribution in [0.25, 0.3) is 0 Å². The van der Waals surface area contributed by atoms with Crippen molar-refractivity contribution in [2.45, 2.75) is 25.5 Å². The smallest absolute Gasteiger partial charge is 0.138 e. The van der Waals surface area contributed by atoms with Gasteiger partial charge >= 0.3 is 0 Å². The van der Waals surface area contributed by atoms with Crippen LogP contribution < -0.4 is 0 Å². The van der Waals surface area contributed by atoms with E-state index >= 15 is 0 Å². The summed E-state index contributed by atoms with van der Waals surface area (Å²) >= 11 is 0. The molecule has 0 aliphatic rings. The Labute approximate surface area is 96.2 Å². The van der Waals surface area contributed by atoms with Gasteiger partial charge in [0.2, 0.25) is 0 Å². The zero-order valence-corrected chi connectivity index (χ0v) is 9.50. The molecule has 0 aliphatic carbocycles. The zero-order valence-electron chi connectivity index (χ0n) is 9.50. The molecule has 0 spiro atoms. The van der Waals surface area contributed by atoms with Crippen LogP contribution in [0, 0.1) is 0 Å². The van der Waals surface area contributed by atoms with Crippen molar-refractivity contribution in [3.63, 3.8) is 0 Å². The van der Waals surface area contributed by atoms with Crippen LogP contribution in [0.1, 0.15) is 18.9 Å². The molecule has 0 unspecified atom stereocenters. The van der Waals surface area contributed by atoms with Crippen LogP contribution in [0.3, 0.4) is 0 Å². The van der Waals surface area contributed by atoms with Gasteiger partial charge in [0, 0.05) is 12.4 Å². The highest BCUT2D eigenvalue weighted by Crippen LogP contribution is 2.19. The van der Waals surface area contributed by atoms with Crippen molar-refractivity contribution in [3.8, 4) is 0 Å². The Kier molecular flexibility index (Phi) is 3.11. The van der Waals surface area contributed by atoms with E-state index in [-0.39, 0.29) is 0 Å². The predicted molar refractivity (Wildman–Crippen MR) is 65.1 cm³/mol. The molecule has 1 heterocycles. The minimum Gasteiger partial charge on any atom is -0.371 e. The largest absolute Gasteiger partial charge is 0.371 e. The predicted octanol–water partition coefficient (Wildman–Crippen LogP) is 2.79. The Morgan fingerprint density at radius 2 is 1.69 bits per heavy atom. The van der Waals surface area contributed by atoms with Crippen LogP contribution in [-0.4, -0.2) is 9.67 Å². The molecule has 0 bridgehead atoms. The average molecular weight is 215 g/mol. The number of aromatic nitrogens is 1. The summed E-state index contributed by atoms with van der Waals surface area (Å²) < 4.78 is 1.84. The summed E-state index contributed by atoms with van der Waals surface area (Å²) in [5, 5.41) is 10.3. The summed E-state index contributed by atoms with van der Waals surface area (Å²) in [6.45, 7) is 1.84. The molecule has 2 aromatic rings. The maximum Gasteiger partial charge on any atom is 0.138 e. The van der Waals surface area contributed by atoms with Crippen molar-refractivity contribution in [3.05, 3.63) is 60.4 Å². The standard InChI is InChI=1S/C14H17NO/c1-14(16,15-11-5-6-12-15)10-9-13-7-3-2-4-8-13/h2-8,11-12,16H,9-10H2,1H3/t14-/m1/s1. The third-order valence-corrected chi connectivity index (χ3v) is 2.89. The Balaban J connectivity index is 2.00. The van der Waals surface area contributed by atoms with Gasteiger partial charge in [-0.05, 0) is 37.5 Å². The van der Waals surface area contributed by atoms with E-state index in [1.807, 2.05) is 54.2 Å². The first-order valence-corrected chi connectivity index (χ1v) is 5.58. The van der Waals surface area contributed by atoms with Gasteiger partial charge in [-0.2, -0.15) is 0 Å². The zero-order chi connectivity index (χ0) is 11.4. The summed E-state index contributed by atoms with van der Waals surface area (Å²) in [6, 6.07) is 14.1. The van der Waals surface area contributed by atoms with Crippen LogP contribution in [-0.2, 0) is 12.1 Å². The highest BCUT2D eigenvalue weighted by atomic mass is 16.3. The maximum absolute atomic E-state index is 10.3. The topological polar surface area (TPSA) is 25.2 Å². The van der Waals surface area contributed by atoms with Crippen LogP contribution in [0.5, 0.6) is 0 Å². The Hall–Kier alpha value is -1.54. The van der Waals surface area contributed by atoms with E-state index in [0.717, 1.165) is 6.42 Å². The highest BCUT2D eigenvalue weighted by Gasteiger charge is 2.20. The monoisotopic (exact) mass is 215 g/mol. The van der Waals surface area contributed by atoms with E-state index in [4.69, 9.17) is 0 Å². The van der Waals surface area contributed by atoms with Crippen molar-refractivity contribution in [2.24, 2.45) is 0 Å². The van der Waals surface area contributed by atoms with Crippen LogP contribution in [0.4, 0.5) is 0 Å². The summed E-state index contributed by atoms with van der Waals surface area (Å²) in [7, 11) is 0. The number of aryl methyl sites for hydroxylation is 1. The molecule has 0 fully saturated rings. The normalized spacial score (nSPS) is 14.6. The first-order valence-electron chi connectivity index (χ1n) is 5.58. The van der Waals surface area contributed by atoms with E-state index in [0.29, 0.717) is 6.42 Å². The third-order valence-electron chi connectivity index (χ3n) is 2.89. The minimum absolute atomic E-state index is 0.714. The van der Waals surface area contributed by atoms with Gasteiger partial charge in [-0.15, -0.1) is 0 Å². The van der Waals surface area contributed by atoms with Gasteiger partial charge in [0.1, 0.15) is 5.72 Å². The highest BCUT2D eigenvalue weighted by molar-refractivity contribution is 5.14. The molecule has 0 aliphatic heterocycles. The van der Waals surface area contributed by atoms with Crippen molar-refractivity contribution in [2.75, 3.05) is 0 Å². The molecule has 0 saturated heterocycles. The Morgan fingerprint density at radius 3 is 2.31 bits per heavy atom. The SMILES string of the molecule is C[C@@](O)(CCc1ccccc1)n1cccc1. The van der Waals surface area contributed by atoms with Crippen molar-refractivity contribution in [1.29, 1.82) is 0 Å². The number of aliphatic hydroxyl groups is 1. The second-order valence-electron chi connectivity index (χ2n) is 4.29. The summed E-state index contributed by atoms with van der Waals surface area (Å²) in [5.74, 6) is 0. The van der Waals surface area contributed by atoms with Gasteiger partial charge in [-0.3, -0.25) is 0 Å². The molecule has 2 heteroatoms. The fourth-order valence-electron chi connectivity index (χ4n) is 1.81. The minimum atomic E-state index is -0.806. The average Bonchev–Trinajstić information content (AvgIpc) is 2.82. The molecule has 1 atom stereocenters. The second kappa shape index (κ2) is 4.54. The first-order chi connectivity index (χ1) is 7.68. The van der Waals surface area contributed by atoms with E-state index in [1.165, 1.54) is 5.56 Å². The molecule has 2 rings (SSSR count). The van der Waals surface area contributed by atoms with Crippen molar-refractivity contribution < 1.29 is 5.11 Å². The lowest BCUT2D eigenvalue weighted by Crippen LogP contribution is -2.28.